The van der Waals surface area contributed by atoms with Gasteiger partial charge in [0, 0.05) is 9.35 Å². The highest BCUT2D eigenvalue weighted by atomic mass is 79.9. The Kier molecular flexibility index (Phi) is 4.26. The second-order valence-electron chi connectivity index (χ2n) is 3.86. The topological polar surface area (TPSA) is 12.0 Å². The lowest BCUT2D eigenvalue weighted by Crippen LogP contribution is -2.16. The highest BCUT2D eigenvalue weighted by Gasteiger charge is 2.16. The van der Waals surface area contributed by atoms with Gasteiger partial charge in [-0.25, -0.2) is 0 Å². The van der Waals surface area contributed by atoms with Crippen LogP contribution in [0.2, 0.25) is 5.02 Å². The van der Waals surface area contributed by atoms with Crippen LogP contribution in [-0.2, 0) is 0 Å². The van der Waals surface area contributed by atoms with Crippen LogP contribution in [0.25, 0.3) is 0 Å². The minimum absolute atomic E-state index is 0.161. The van der Waals surface area contributed by atoms with Crippen LogP contribution in [0.5, 0.6) is 0 Å². The van der Waals surface area contributed by atoms with Gasteiger partial charge in [0.25, 0.3) is 0 Å². The summed E-state index contributed by atoms with van der Waals surface area (Å²) in [6, 6.07) is 8.48. The number of thiophene rings is 1. The van der Waals surface area contributed by atoms with Crippen molar-refractivity contribution in [2.24, 2.45) is 0 Å². The molecule has 90 valence electrons. The fourth-order valence-corrected chi connectivity index (χ4v) is 3.36. The molecule has 0 saturated carbocycles. The SMILES string of the molecule is CNC(c1ccc(Br)c(C)c1)c1sccc1Cl. The van der Waals surface area contributed by atoms with E-state index in [-0.39, 0.29) is 6.04 Å². The molecule has 2 rings (SSSR count). The molecule has 0 aliphatic carbocycles. The third-order valence-corrected chi connectivity index (χ3v) is 5.02. The summed E-state index contributed by atoms with van der Waals surface area (Å²) in [5, 5.41) is 6.17. The number of benzene rings is 1. The number of aryl methyl sites for hydroxylation is 1. The van der Waals surface area contributed by atoms with Crippen molar-refractivity contribution in [2.45, 2.75) is 13.0 Å². The Hall–Kier alpha value is -0.350. The molecule has 1 N–H and O–H groups in total. The smallest absolute Gasteiger partial charge is 0.0683 e. The predicted molar refractivity (Wildman–Crippen MR) is 79.1 cm³/mol. The lowest BCUT2D eigenvalue weighted by atomic mass is 10.0. The number of halogens is 2. The molecule has 0 aliphatic rings. The van der Waals surface area contributed by atoms with Gasteiger partial charge in [-0.05, 0) is 42.6 Å². The Bertz CT molecular complexity index is 524. The van der Waals surface area contributed by atoms with Gasteiger partial charge in [-0.2, -0.15) is 0 Å². The third kappa shape index (κ3) is 2.74. The van der Waals surface area contributed by atoms with Gasteiger partial charge in [0.1, 0.15) is 0 Å². The average Bonchev–Trinajstić information content (AvgIpc) is 2.71. The van der Waals surface area contributed by atoms with E-state index in [0.717, 1.165) is 14.4 Å². The van der Waals surface area contributed by atoms with Gasteiger partial charge >= 0.3 is 0 Å². The summed E-state index contributed by atoms with van der Waals surface area (Å²) in [6.07, 6.45) is 0. The zero-order valence-electron chi connectivity index (χ0n) is 9.63. The molecule has 1 aromatic heterocycles. The molecule has 2 aromatic rings. The first kappa shape index (κ1) is 13.1. The molecule has 1 nitrogen and oxygen atoms in total. The zero-order valence-corrected chi connectivity index (χ0v) is 12.8. The van der Waals surface area contributed by atoms with Crippen molar-refractivity contribution >= 4 is 38.9 Å². The quantitative estimate of drug-likeness (QED) is 0.854. The van der Waals surface area contributed by atoms with E-state index in [1.54, 1.807) is 11.3 Å². The Morgan fingerprint density at radius 1 is 1.35 bits per heavy atom. The fourth-order valence-electron chi connectivity index (χ4n) is 1.81. The molecule has 0 amide bonds. The van der Waals surface area contributed by atoms with E-state index in [0.29, 0.717) is 0 Å². The maximum Gasteiger partial charge on any atom is 0.0683 e. The minimum atomic E-state index is 0.161. The van der Waals surface area contributed by atoms with Gasteiger partial charge in [-0.15, -0.1) is 11.3 Å². The molecule has 0 bridgehead atoms. The van der Waals surface area contributed by atoms with Crippen LogP contribution in [-0.4, -0.2) is 7.05 Å². The third-order valence-electron chi connectivity index (χ3n) is 2.71. The first-order chi connectivity index (χ1) is 8.13. The molecule has 4 heteroatoms. The van der Waals surface area contributed by atoms with E-state index >= 15 is 0 Å². The van der Waals surface area contributed by atoms with Crippen LogP contribution in [0.4, 0.5) is 0 Å². The summed E-state index contributed by atoms with van der Waals surface area (Å²) >= 11 is 11.4. The molecule has 0 radical (unpaired) electrons. The number of hydrogen-bond acceptors (Lipinski definition) is 2. The molecule has 1 heterocycles. The van der Waals surface area contributed by atoms with E-state index in [9.17, 15) is 0 Å². The summed E-state index contributed by atoms with van der Waals surface area (Å²) in [4.78, 5) is 1.16. The highest BCUT2D eigenvalue weighted by Crippen LogP contribution is 2.33. The minimum Gasteiger partial charge on any atom is -0.309 e. The second-order valence-corrected chi connectivity index (χ2v) is 6.07. The van der Waals surface area contributed by atoms with Crippen LogP contribution in [0, 0.1) is 6.92 Å². The molecule has 0 fully saturated rings. The van der Waals surface area contributed by atoms with Gasteiger partial charge in [-0.3, -0.25) is 0 Å². The van der Waals surface area contributed by atoms with Gasteiger partial charge in [-0.1, -0.05) is 39.7 Å². The normalized spacial score (nSPS) is 12.7. The van der Waals surface area contributed by atoms with Crippen molar-refractivity contribution in [3.63, 3.8) is 0 Å². The molecule has 1 atom stereocenters. The lowest BCUT2D eigenvalue weighted by molar-refractivity contribution is 0.703. The predicted octanol–water partition coefficient (Wildman–Crippen LogP) is 4.78. The monoisotopic (exact) mass is 329 g/mol. The van der Waals surface area contributed by atoms with Crippen molar-refractivity contribution in [3.8, 4) is 0 Å². The van der Waals surface area contributed by atoms with E-state index < -0.39 is 0 Å². The van der Waals surface area contributed by atoms with Gasteiger partial charge in [0.15, 0.2) is 0 Å². The van der Waals surface area contributed by atoms with E-state index in [1.165, 1.54) is 11.1 Å². The van der Waals surface area contributed by atoms with Crippen molar-refractivity contribution in [2.75, 3.05) is 7.05 Å². The molecule has 0 saturated heterocycles. The van der Waals surface area contributed by atoms with Crippen LogP contribution < -0.4 is 5.32 Å². The Morgan fingerprint density at radius 2 is 2.12 bits per heavy atom. The van der Waals surface area contributed by atoms with E-state index in [2.05, 4.69) is 46.4 Å². The van der Waals surface area contributed by atoms with Gasteiger partial charge < -0.3 is 5.32 Å². The summed E-state index contributed by atoms with van der Waals surface area (Å²) in [5.74, 6) is 0. The van der Waals surface area contributed by atoms with Crippen molar-refractivity contribution in [1.82, 2.24) is 5.32 Å². The van der Waals surface area contributed by atoms with Crippen LogP contribution in [0.15, 0.2) is 34.1 Å². The van der Waals surface area contributed by atoms with Gasteiger partial charge in [0.05, 0.1) is 11.1 Å². The van der Waals surface area contributed by atoms with E-state index in [4.69, 9.17) is 11.6 Å². The molecule has 1 unspecified atom stereocenters. The molecule has 17 heavy (non-hydrogen) atoms. The van der Waals surface area contributed by atoms with E-state index in [1.807, 2.05) is 18.5 Å². The summed E-state index contributed by atoms with van der Waals surface area (Å²) in [6.45, 7) is 2.09. The molecule has 1 aromatic carbocycles. The van der Waals surface area contributed by atoms with Crippen LogP contribution in [0.3, 0.4) is 0 Å². The molecule has 0 spiro atoms. The molecule has 0 aliphatic heterocycles. The Labute approximate surface area is 119 Å². The maximum absolute atomic E-state index is 6.20. The van der Waals surface area contributed by atoms with Crippen molar-refractivity contribution < 1.29 is 0 Å². The Morgan fingerprint density at radius 3 is 2.65 bits per heavy atom. The van der Waals surface area contributed by atoms with Crippen LogP contribution in [0.1, 0.15) is 22.0 Å². The molecular formula is C13H13BrClNS. The van der Waals surface area contributed by atoms with Crippen LogP contribution >= 0.6 is 38.9 Å². The average molecular weight is 331 g/mol. The summed E-state index contributed by atoms with van der Waals surface area (Å²) in [5.41, 5.74) is 2.47. The summed E-state index contributed by atoms with van der Waals surface area (Å²) < 4.78 is 1.13. The fraction of sp³-hybridized carbons (Fsp3) is 0.231. The number of rotatable bonds is 3. The second kappa shape index (κ2) is 5.53. The number of hydrogen-bond donors (Lipinski definition) is 1. The highest BCUT2D eigenvalue weighted by molar-refractivity contribution is 9.10. The standard InChI is InChI=1S/C13H13BrClNS/c1-8-7-9(3-4-10(8)14)12(16-2)13-11(15)5-6-17-13/h3-7,12,16H,1-2H3. The maximum atomic E-state index is 6.20. The summed E-state index contributed by atoms with van der Waals surface area (Å²) in [7, 11) is 1.96. The number of nitrogens with one attached hydrogen (secondary N) is 1. The first-order valence-corrected chi connectivity index (χ1v) is 7.34. The van der Waals surface area contributed by atoms with Crippen molar-refractivity contribution in [1.29, 1.82) is 0 Å². The first-order valence-electron chi connectivity index (χ1n) is 5.29. The Balaban J connectivity index is 2.42. The zero-order chi connectivity index (χ0) is 12.4. The molecular weight excluding hydrogens is 318 g/mol. The van der Waals surface area contributed by atoms with Gasteiger partial charge in [0.2, 0.25) is 0 Å². The lowest BCUT2D eigenvalue weighted by Gasteiger charge is -2.16. The largest absolute Gasteiger partial charge is 0.309 e. The van der Waals surface area contributed by atoms with Crippen molar-refractivity contribution in [3.05, 3.63) is 55.1 Å².